The van der Waals surface area contributed by atoms with Gasteiger partial charge in [-0.2, -0.15) is 0 Å². The maximum Gasteiger partial charge on any atom is 0.220 e. The number of benzene rings is 1. The third-order valence-corrected chi connectivity index (χ3v) is 6.72. The predicted molar refractivity (Wildman–Crippen MR) is 105 cm³/mol. The lowest BCUT2D eigenvalue weighted by atomic mass is 10.00. The van der Waals surface area contributed by atoms with E-state index in [9.17, 15) is 13.2 Å². The Morgan fingerprint density at radius 3 is 2.31 bits per heavy atom. The summed E-state index contributed by atoms with van der Waals surface area (Å²) in [5, 5.41) is 2.96. The minimum absolute atomic E-state index is 0.0543. The highest BCUT2D eigenvalue weighted by molar-refractivity contribution is 7.89. The quantitative estimate of drug-likeness (QED) is 0.715. The van der Waals surface area contributed by atoms with Crippen LogP contribution in [0.4, 0.5) is 0 Å². The van der Waals surface area contributed by atoms with Gasteiger partial charge in [-0.05, 0) is 49.7 Å². The second-order valence-electron chi connectivity index (χ2n) is 7.65. The Labute approximate surface area is 158 Å². The van der Waals surface area contributed by atoms with Crippen LogP contribution < -0.4 is 5.32 Å². The maximum atomic E-state index is 12.2. The molecule has 26 heavy (non-hydrogen) atoms. The molecule has 1 aliphatic heterocycles. The zero-order chi connectivity index (χ0) is 19.2. The summed E-state index contributed by atoms with van der Waals surface area (Å²) in [4.78, 5) is 12.1. The summed E-state index contributed by atoms with van der Waals surface area (Å²) in [6.45, 7) is 7.59. The molecular weight excluding hydrogens is 348 g/mol. The largest absolute Gasteiger partial charge is 0.350 e. The van der Waals surface area contributed by atoms with Crippen molar-refractivity contribution in [2.45, 2.75) is 58.9 Å². The van der Waals surface area contributed by atoms with E-state index in [2.05, 4.69) is 43.4 Å². The molecule has 1 aromatic carbocycles. The van der Waals surface area contributed by atoms with Gasteiger partial charge in [0.1, 0.15) is 0 Å². The van der Waals surface area contributed by atoms with Crippen LogP contribution in [0.1, 0.15) is 63.6 Å². The molecule has 6 heteroatoms. The number of carbonyl (C=O) groups is 1. The lowest BCUT2D eigenvalue weighted by Gasteiger charge is -2.17. The number of nitrogens with zero attached hydrogens (tertiary/aromatic N) is 1. The molecule has 0 spiro atoms. The van der Waals surface area contributed by atoms with Crippen LogP contribution in [0.5, 0.6) is 0 Å². The molecule has 1 fully saturated rings. The van der Waals surface area contributed by atoms with E-state index in [-0.39, 0.29) is 24.1 Å². The summed E-state index contributed by atoms with van der Waals surface area (Å²) in [5.74, 6) is 0.578. The van der Waals surface area contributed by atoms with Crippen LogP contribution in [0.2, 0.25) is 0 Å². The fourth-order valence-electron chi connectivity index (χ4n) is 3.32. The van der Waals surface area contributed by atoms with Gasteiger partial charge in [0.2, 0.25) is 15.9 Å². The monoisotopic (exact) mass is 380 g/mol. The van der Waals surface area contributed by atoms with Gasteiger partial charge < -0.3 is 5.32 Å². The van der Waals surface area contributed by atoms with Crippen molar-refractivity contribution in [1.29, 1.82) is 0 Å². The van der Waals surface area contributed by atoms with Crippen LogP contribution in [-0.2, 0) is 21.2 Å². The molecule has 1 unspecified atom stereocenters. The van der Waals surface area contributed by atoms with Gasteiger partial charge in [-0.25, -0.2) is 12.7 Å². The van der Waals surface area contributed by atoms with Crippen molar-refractivity contribution in [1.82, 2.24) is 9.62 Å². The highest BCUT2D eigenvalue weighted by Gasteiger charge is 2.24. The summed E-state index contributed by atoms with van der Waals surface area (Å²) in [5.41, 5.74) is 2.37. The minimum atomic E-state index is -3.20. The summed E-state index contributed by atoms with van der Waals surface area (Å²) in [6, 6.07) is 8.26. The lowest BCUT2D eigenvalue weighted by Crippen LogP contribution is -2.31. The first-order chi connectivity index (χ1) is 12.3. The van der Waals surface area contributed by atoms with Gasteiger partial charge in [0, 0.05) is 19.5 Å². The van der Waals surface area contributed by atoms with E-state index in [1.807, 2.05) is 6.92 Å². The van der Waals surface area contributed by atoms with E-state index in [0.717, 1.165) is 24.8 Å². The van der Waals surface area contributed by atoms with Crippen LogP contribution in [0, 0.1) is 5.92 Å². The fourth-order valence-corrected chi connectivity index (χ4v) is 4.90. The summed E-state index contributed by atoms with van der Waals surface area (Å²) in [7, 11) is -3.20. The van der Waals surface area contributed by atoms with E-state index in [4.69, 9.17) is 0 Å². The number of rotatable bonds is 9. The Hall–Kier alpha value is -1.40. The van der Waals surface area contributed by atoms with E-state index in [0.29, 0.717) is 25.4 Å². The number of nitrogens with one attached hydrogen (secondary N) is 1. The number of sulfonamides is 1. The topological polar surface area (TPSA) is 66.5 Å². The van der Waals surface area contributed by atoms with Crippen molar-refractivity contribution in [3.63, 3.8) is 0 Å². The zero-order valence-corrected chi connectivity index (χ0v) is 17.0. The Balaban J connectivity index is 1.76. The summed E-state index contributed by atoms with van der Waals surface area (Å²) in [6.07, 6.45) is 3.53. The van der Waals surface area contributed by atoms with Gasteiger partial charge in [-0.3, -0.25) is 4.79 Å². The molecule has 1 amide bonds. The molecule has 0 bridgehead atoms. The van der Waals surface area contributed by atoms with Gasteiger partial charge >= 0.3 is 0 Å². The summed E-state index contributed by atoms with van der Waals surface area (Å²) >= 11 is 0. The third kappa shape index (κ3) is 6.40. The van der Waals surface area contributed by atoms with Gasteiger partial charge in [0.25, 0.3) is 0 Å². The van der Waals surface area contributed by atoms with E-state index in [1.54, 1.807) is 4.31 Å². The van der Waals surface area contributed by atoms with E-state index >= 15 is 0 Å². The molecule has 1 saturated heterocycles. The third-order valence-electron chi connectivity index (χ3n) is 4.77. The Bertz CT molecular complexity index is 678. The maximum absolute atomic E-state index is 12.2. The molecule has 1 atom stereocenters. The van der Waals surface area contributed by atoms with E-state index < -0.39 is 10.0 Å². The Morgan fingerprint density at radius 2 is 1.73 bits per heavy atom. The van der Waals surface area contributed by atoms with Crippen molar-refractivity contribution in [2.24, 2.45) is 5.92 Å². The number of hydrogen-bond donors (Lipinski definition) is 1. The van der Waals surface area contributed by atoms with Crippen molar-refractivity contribution in [3.05, 3.63) is 35.4 Å². The average molecular weight is 381 g/mol. The van der Waals surface area contributed by atoms with Gasteiger partial charge in [-0.15, -0.1) is 0 Å². The molecule has 0 aromatic heterocycles. The van der Waals surface area contributed by atoms with Crippen molar-refractivity contribution < 1.29 is 13.2 Å². The normalized spacial score (nSPS) is 16.8. The van der Waals surface area contributed by atoms with Crippen LogP contribution in [-0.4, -0.2) is 37.5 Å². The van der Waals surface area contributed by atoms with Crippen LogP contribution in [0.25, 0.3) is 0 Å². The Kier molecular flexibility index (Phi) is 7.65. The molecule has 0 radical (unpaired) electrons. The second kappa shape index (κ2) is 9.51. The summed E-state index contributed by atoms with van der Waals surface area (Å²) < 4.78 is 25.9. The molecule has 0 saturated carbocycles. The zero-order valence-electron chi connectivity index (χ0n) is 16.2. The molecule has 2 rings (SSSR count). The number of hydrogen-bond acceptors (Lipinski definition) is 3. The SMILES string of the molecule is CC(C)Cc1ccc(C(C)NC(=O)CCCS(=O)(=O)N2CCCC2)cc1. The fraction of sp³-hybridized carbons (Fsp3) is 0.650. The highest BCUT2D eigenvalue weighted by atomic mass is 32.2. The molecular formula is C20H32N2O3S. The van der Waals surface area contributed by atoms with Crippen LogP contribution in [0.3, 0.4) is 0 Å². The standard InChI is InChI=1S/C20H32N2O3S/c1-16(2)15-18-8-10-19(11-9-18)17(3)21-20(23)7-6-14-26(24,25)22-12-4-5-13-22/h8-11,16-17H,4-7,12-15H2,1-3H3,(H,21,23). The Morgan fingerprint density at radius 1 is 1.12 bits per heavy atom. The molecule has 1 N–H and O–H groups in total. The average Bonchev–Trinajstić information content (AvgIpc) is 3.10. The first-order valence-electron chi connectivity index (χ1n) is 9.64. The van der Waals surface area contributed by atoms with Crippen molar-refractivity contribution in [3.8, 4) is 0 Å². The smallest absolute Gasteiger partial charge is 0.220 e. The molecule has 146 valence electrons. The van der Waals surface area contributed by atoms with E-state index in [1.165, 1.54) is 5.56 Å². The number of amides is 1. The first-order valence-corrected chi connectivity index (χ1v) is 11.2. The predicted octanol–water partition coefficient (Wildman–Crippen LogP) is 3.27. The van der Waals surface area contributed by atoms with Gasteiger partial charge in [0.05, 0.1) is 11.8 Å². The second-order valence-corrected chi connectivity index (χ2v) is 9.74. The van der Waals surface area contributed by atoms with Crippen molar-refractivity contribution in [2.75, 3.05) is 18.8 Å². The van der Waals surface area contributed by atoms with Crippen LogP contribution in [0.15, 0.2) is 24.3 Å². The molecule has 5 nitrogen and oxygen atoms in total. The lowest BCUT2D eigenvalue weighted by molar-refractivity contribution is -0.121. The van der Waals surface area contributed by atoms with Crippen molar-refractivity contribution >= 4 is 15.9 Å². The van der Waals surface area contributed by atoms with Crippen LogP contribution >= 0.6 is 0 Å². The minimum Gasteiger partial charge on any atom is -0.350 e. The van der Waals surface area contributed by atoms with Gasteiger partial charge in [-0.1, -0.05) is 38.1 Å². The highest BCUT2D eigenvalue weighted by Crippen LogP contribution is 2.17. The van der Waals surface area contributed by atoms with Gasteiger partial charge in [0.15, 0.2) is 0 Å². The molecule has 1 aromatic rings. The molecule has 1 heterocycles. The molecule has 0 aliphatic carbocycles. The first kappa shape index (κ1) is 20.9. The number of carbonyl (C=O) groups excluding carboxylic acids is 1. The molecule has 1 aliphatic rings.